The minimum atomic E-state index is -3.46. The summed E-state index contributed by atoms with van der Waals surface area (Å²) >= 11 is 0. The molecule has 0 saturated heterocycles. The van der Waals surface area contributed by atoms with Crippen molar-refractivity contribution in [2.75, 3.05) is 12.3 Å². The molecule has 0 aliphatic carbocycles. The lowest BCUT2D eigenvalue weighted by atomic mass is 10.1. The Morgan fingerprint density at radius 2 is 2.25 bits per heavy atom. The monoisotopic (exact) mass is 247 g/mol. The Bertz CT molecular complexity index is 450. The number of pyridine rings is 1. The molecule has 0 saturated carbocycles. The first kappa shape index (κ1) is 13.0. The van der Waals surface area contributed by atoms with Gasteiger partial charge in [-0.05, 0) is 18.6 Å². The van der Waals surface area contributed by atoms with Gasteiger partial charge < -0.3 is 5.32 Å². The van der Waals surface area contributed by atoms with Gasteiger partial charge in [-0.1, -0.05) is 0 Å². The zero-order valence-corrected chi connectivity index (χ0v) is 9.67. The van der Waals surface area contributed by atoms with E-state index in [4.69, 9.17) is 5.14 Å². The SMILES string of the molecule is CC(NCCS(N)(=O)=O)c1cncc(F)c1. The van der Waals surface area contributed by atoms with Crippen LogP contribution in [0.5, 0.6) is 0 Å². The van der Waals surface area contributed by atoms with E-state index in [1.54, 1.807) is 6.92 Å². The van der Waals surface area contributed by atoms with Crippen LogP contribution in [0.4, 0.5) is 4.39 Å². The van der Waals surface area contributed by atoms with E-state index < -0.39 is 15.8 Å². The molecule has 16 heavy (non-hydrogen) atoms. The van der Waals surface area contributed by atoms with Gasteiger partial charge in [0, 0.05) is 18.8 Å². The van der Waals surface area contributed by atoms with Crippen molar-refractivity contribution in [1.82, 2.24) is 10.3 Å². The summed E-state index contributed by atoms with van der Waals surface area (Å²) in [5.74, 6) is -0.572. The molecule has 0 aliphatic heterocycles. The third-order valence-electron chi connectivity index (χ3n) is 2.06. The molecule has 0 fully saturated rings. The lowest BCUT2D eigenvalue weighted by Crippen LogP contribution is -2.29. The number of nitrogens with one attached hydrogen (secondary N) is 1. The smallest absolute Gasteiger partial charge is 0.210 e. The van der Waals surface area contributed by atoms with Crippen LogP contribution in [-0.4, -0.2) is 25.7 Å². The van der Waals surface area contributed by atoms with Crippen molar-refractivity contribution in [2.24, 2.45) is 5.14 Å². The van der Waals surface area contributed by atoms with Crippen LogP contribution < -0.4 is 10.5 Å². The van der Waals surface area contributed by atoms with Gasteiger partial charge in [-0.15, -0.1) is 0 Å². The quantitative estimate of drug-likeness (QED) is 0.776. The van der Waals surface area contributed by atoms with Crippen LogP contribution in [0, 0.1) is 5.82 Å². The van der Waals surface area contributed by atoms with Crippen LogP contribution in [0.1, 0.15) is 18.5 Å². The molecule has 0 radical (unpaired) electrons. The van der Waals surface area contributed by atoms with E-state index in [2.05, 4.69) is 10.3 Å². The fraction of sp³-hybridized carbons (Fsp3) is 0.444. The lowest BCUT2D eigenvalue weighted by molar-refractivity contribution is 0.564. The van der Waals surface area contributed by atoms with Crippen LogP contribution >= 0.6 is 0 Å². The molecule has 5 nitrogen and oxygen atoms in total. The van der Waals surface area contributed by atoms with Gasteiger partial charge in [0.15, 0.2) is 0 Å². The van der Waals surface area contributed by atoms with Crippen LogP contribution in [0.25, 0.3) is 0 Å². The predicted molar refractivity (Wildman–Crippen MR) is 58.6 cm³/mol. The summed E-state index contributed by atoms with van der Waals surface area (Å²) in [7, 11) is -3.46. The summed E-state index contributed by atoms with van der Waals surface area (Å²) in [6, 6.07) is 1.17. The number of sulfonamides is 1. The summed E-state index contributed by atoms with van der Waals surface area (Å²) < 4.78 is 34.2. The van der Waals surface area contributed by atoms with Crippen molar-refractivity contribution in [3.05, 3.63) is 29.8 Å². The van der Waals surface area contributed by atoms with E-state index in [-0.39, 0.29) is 18.3 Å². The van der Waals surface area contributed by atoms with Crippen LogP contribution in [0.15, 0.2) is 18.5 Å². The van der Waals surface area contributed by atoms with Gasteiger partial charge in [-0.3, -0.25) is 4.98 Å². The molecule has 0 bridgehead atoms. The highest BCUT2D eigenvalue weighted by Crippen LogP contribution is 2.11. The van der Waals surface area contributed by atoms with Gasteiger partial charge in [0.2, 0.25) is 10.0 Å². The Balaban J connectivity index is 2.50. The molecule has 0 amide bonds. The van der Waals surface area contributed by atoms with Crippen molar-refractivity contribution in [3.8, 4) is 0 Å². The fourth-order valence-corrected chi connectivity index (χ4v) is 1.60. The second-order valence-corrected chi connectivity index (χ2v) is 5.21. The number of hydrogen-bond acceptors (Lipinski definition) is 4. The highest BCUT2D eigenvalue weighted by atomic mass is 32.2. The maximum absolute atomic E-state index is 12.8. The zero-order chi connectivity index (χ0) is 12.2. The second-order valence-electron chi connectivity index (χ2n) is 3.48. The van der Waals surface area contributed by atoms with Crippen molar-refractivity contribution in [3.63, 3.8) is 0 Å². The predicted octanol–water partition coefficient (Wildman–Crippen LogP) is 0.160. The Morgan fingerprint density at radius 3 is 2.81 bits per heavy atom. The summed E-state index contributed by atoms with van der Waals surface area (Å²) in [5, 5.41) is 7.76. The van der Waals surface area contributed by atoms with Crippen molar-refractivity contribution in [2.45, 2.75) is 13.0 Å². The van der Waals surface area contributed by atoms with Gasteiger partial charge in [0.05, 0.1) is 11.9 Å². The largest absolute Gasteiger partial charge is 0.309 e. The van der Waals surface area contributed by atoms with Crippen LogP contribution in [-0.2, 0) is 10.0 Å². The molecule has 0 aliphatic rings. The summed E-state index contributed by atoms with van der Waals surface area (Å²) in [6.07, 6.45) is 2.64. The second kappa shape index (κ2) is 5.33. The molecule has 1 aromatic rings. The van der Waals surface area contributed by atoms with Crippen molar-refractivity contribution in [1.29, 1.82) is 0 Å². The van der Waals surface area contributed by atoms with E-state index in [0.717, 1.165) is 6.20 Å². The number of nitrogens with two attached hydrogens (primary N) is 1. The molecule has 3 N–H and O–H groups in total. The van der Waals surface area contributed by atoms with Gasteiger partial charge >= 0.3 is 0 Å². The average Bonchev–Trinajstić information content (AvgIpc) is 2.15. The molecule has 1 atom stereocenters. The molecule has 0 spiro atoms. The molecule has 1 rings (SSSR count). The van der Waals surface area contributed by atoms with E-state index in [1.165, 1.54) is 12.3 Å². The van der Waals surface area contributed by atoms with Gasteiger partial charge in [-0.2, -0.15) is 0 Å². The highest BCUT2D eigenvalue weighted by molar-refractivity contribution is 7.89. The molecule has 1 unspecified atom stereocenters. The Hall–Kier alpha value is -1.05. The fourth-order valence-electron chi connectivity index (χ4n) is 1.20. The normalized spacial score (nSPS) is 13.7. The standard InChI is InChI=1S/C9H14FN3O2S/c1-7(13-2-3-16(11,14)15)8-4-9(10)6-12-5-8/h4-7,13H,2-3H2,1H3,(H2,11,14,15). The minimum Gasteiger partial charge on any atom is -0.309 e. The number of hydrogen-bond donors (Lipinski definition) is 2. The van der Waals surface area contributed by atoms with Gasteiger partial charge in [0.1, 0.15) is 5.82 Å². The Kier molecular flexibility index (Phi) is 4.34. The molecule has 0 aromatic carbocycles. The molecular formula is C9H14FN3O2S. The van der Waals surface area contributed by atoms with Crippen molar-refractivity contribution < 1.29 is 12.8 Å². The van der Waals surface area contributed by atoms with Crippen LogP contribution in [0.2, 0.25) is 0 Å². The summed E-state index contributed by atoms with van der Waals surface area (Å²) in [4.78, 5) is 3.70. The number of aromatic nitrogens is 1. The van der Waals surface area contributed by atoms with Crippen LogP contribution in [0.3, 0.4) is 0 Å². The molecular weight excluding hydrogens is 233 g/mol. The molecule has 1 aromatic heterocycles. The maximum Gasteiger partial charge on any atom is 0.210 e. The van der Waals surface area contributed by atoms with Gasteiger partial charge in [0.25, 0.3) is 0 Å². The highest BCUT2D eigenvalue weighted by Gasteiger charge is 2.08. The third-order valence-corrected chi connectivity index (χ3v) is 2.84. The topological polar surface area (TPSA) is 85.1 Å². The third kappa shape index (κ3) is 4.65. The van der Waals surface area contributed by atoms with E-state index in [1.807, 2.05) is 0 Å². The van der Waals surface area contributed by atoms with Gasteiger partial charge in [-0.25, -0.2) is 17.9 Å². The average molecular weight is 247 g/mol. The summed E-state index contributed by atoms with van der Waals surface area (Å²) in [6.45, 7) is 2.01. The number of nitrogens with zero attached hydrogens (tertiary/aromatic N) is 1. The van der Waals surface area contributed by atoms with E-state index in [9.17, 15) is 12.8 Å². The Morgan fingerprint density at radius 1 is 1.56 bits per heavy atom. The first-order chi connectivity index (χ1) is 7.38. The first-order valence-electron chi connectivity index (χ1n) is 4.73. The zero-order valence-electron chi connectivity index (χ0n) is 8.85. The molecule has 90 valence electrons. The number of rotatable bonds is 5. The molecule has 1 heterocycles. The summed E-state index contributed by atoms with van der Waals surface area (Å²) in [5.41, 5.74) is 0.661. The number of halogens is 1. The minimum absolute atomic E-state index is 0.153. The Labute approximate surface area is 93.9 Å². The van der Waals surface area contributed by atoms with E-state index >= 15 is 0 Å². The lowest BCUT2D eigenvalue weighted by Gasteiger charge is -2.13. The van der Waals surface area contributed by atoms with Crippen molar-refractivity contribution >= 4 is 10.0 Å². The molecule has 7 heteroatoms. The first-order valence-corrected chi connectivity index (χ1v) is 6.44. The number of primary sulfonamides is 1. The van der Waals surface area contributed by atoms with E-state index in [0.29, 0.717) is 5.56 Å². The maximum atomic E-state index is 12.8.